The molecule has 0 aromatic carbocycles. The van der Waals surface area contributed by atoms with Crippen LogP contribution in [0.3, 0.4) is 0 Å². The Morgan fingerprint density at radius 3 is 2.95 bits per heavy atom. The zero-order valence-electron chi connectivity index (χ0n) is 11.6. The molecule has 2 atom stereocenters. The third kappa shape index (κ3) is 3.47. The van der Waals surface area contributed by atoms with Gasteiger partial charge in [-0.05, 0) is 26.7 Å². The Hall–Kier alpha value is -1.63. The molecule has 2 amide bonds. The molecular formula is C13H19N3O3S. The molecule has 1 saturated heterocycles. The number of aryl methyl sites for hydroxylation is 1. The van der Waals surface area contributed by atoms with Gasteiger partial charge in [0.2, 0.25) is 0 Å². The summed E-state index contributed by atoms with van der Waals surface area (Å²) in [7, 11) is 0. The summed E-state index contributed by atoms with van der Waals surface area (Å²) in [5.41, 5.74) is 0.940. The first-order chi connectivity index (χ1) is 9.47. The van der Waals surface area contributed by atoms with E-state index >= 15 is 0 Å². The van der Waals surface area contributed by atoms with Gasteiger partial charge < -0.3 is 15.3 Å². The van der Waals surface area contributed by atoms with Crippen LogP contribution in [-0.4, -0.2) is 40.1 Å². The minimum atomic E-state index is -0.828. The van der Waals surface area contributed by atoms with Crippen molar-refractivity contribution in [2.75, 3.05) is 13.1 Å². The van der Waals surface area contributed by atoms with Crippen LogP contribution >= 0.6 is 11.3 Å². The van der Waals surface area contributed by atoms with Crippen molar-refractivity contribution in [3.63, 3.8) is 0 Å². The number of piperidine rings is 1. The van der Waals surface area contributed by atoms with E-state index in [1.807, 2.05) is 19.2 Å². The maximum atomic E-state index is 12.2. The molecule has 0 bridgehead atoms. The predicted octanol–water partition coefficient (Wildman–Crippen LogP) is 2.02. The number of amides is 2. The molecule has 0 spiro atoms. The van der Waals surface area contributed by atoms with Crippen LogP contribution in [-0.2, 0) is 4.79 Å². The predicted molar refractivity (Wildman–Crippen MR) is 75.7 cm³/mol. The molecule has 1 aliphatic heterocycles. The molecule has 0 aliphatic carbocycles. The minimum Gasteiger partial charge on any atom is -0.481 e. The second-order valence-electron chi connectivity index (χ2n) is 5.12. The maximum absolute atomic E-state index is 12.2. The molecule has 20 heavy (non-hydrogen) atoms. The summed E-state index contributed by atoms with van der Waals surface area (Å²) in [6, 6.07) is -0.372. The molecule has 6 nitrogen and oxygen atoms in total. The van der Waals surface area contributed by atoms with Crippen LogP contribution in [0.2, 0.25) is 0 Å². The van der Waals surface area contributed by atoms with E-state index in [0.29, 0.717) is 13.0 Å². The van der Waals surface area contributed by atoms with Gasteiger partial charge in [0.15, 0.2) is 0 Å². The summed E-state index contributed by atoms with van der Waals surface area (Å²) in [5.74, 6) is -1.28. The van der Waals surface area contributed by atoms with Gasteiger partial charge in [0, 0.05) is 24.2 Å². The summed E-state index contributed by atoms with van der Waals surface area (Å²) >= 11 is 1.51. The quantitative estimate of drug-likeness (QED) is 0.894. The number of thiazole rings is 1. The largest absolute Gasteiger partial charge is 0.481 e. The fraction of sp³-hybridized carbons (Fsp3) is 0.615. The van der Waals surface area contributed by atoms with Gasteiger partial charge in [0.1, 0.15) is 5.01 Å². The summed E-state index contributed by atoms with van der Waals surface area (Å²) in [5, 5.41) is 14.7. The second-order valence-corrected chi connectivity index (χ2v) is 6.01. The summed E-state index contributed by atoms with van der Waals surface area (Å²) < 4.78 is 0. The monoisotopic (exact) mass is 297 g/mol. The molecule has 1 aromatic rings. The molecule has 2 rings (SSSR count). The van der Waals surface area contributed by atoms with Crippen LogP contribution < -0.4 is 5.32 Å². The number of likely N-dealkylation sites (tertiary alicyclic amines) is 1. The lowest BCUT2D eigenvalue weighted by molar-refractivity contribution is -0.143. The van der Waals surface area contributed by atoms with Crippen molar-refractivity contribution in [1.82, 2.24) is 15.2 Å². The Bertz CT molecular complexity index is 503. The number of urea groups is 1. The first kappa shape index (κ1) is 14.8. The van der Waals surface area contributed by atoms with Crippen LogP contribution in [0.15, 0.2) is 5.38 Å². The van der Waals surface area contributed by atoms with Crippen molar-refractivity contribution in [2.24, 2.45) is 5.92 Å². The summed E-state index contributed by atoms with van der Waals surface area (Å²) in [4.78, 5) is 29.1. The van der Waals surface area contributed by atoms with E-state index in [1.54, 1.807) is 4.90 Å². The zero-order valence-corrected chi connectivity index (χ0v) is 12.4. The molecule has 7 heteroatoms. The third-order valence-electron chi connectivity index (χ3n) is 3.41. The number of carboxylic acid groups (broad SMARTS) is 1. The van der Waals surface area contributed by atoms with Gasteiger partial charge in [-0.2, -0.15) is 0 Å². The Labute approximate surface area is 121 Å². The van der Waals surface area contributed by atoms with Crippen LogP contribution in [0, 0.1) is 12.8 Å². The zero-order chi connectivity index (χ0) is 14.7. The van der Waals surface area contributed by atoms with Gasteiger partial charge in [-0.3, -0.25) is 4.79 Å². The van der Waals surface area contributed by atoms with Crippen LogP contribution in [0.4, 0.5) is 4.79 Å². The van der Waals surface area contributed by atoms with E-state index in [9.17, 15) is 9.59 Å². The van der Waals surface area contributed by atoms with Crippen molar-refractivity contribution in [2.45, 2.75) is 32.7 Å². The highest BCUT2D eigenvalue weighted by molar-refractivity contribution is 7.09. The number of hydrogen-bond acceptors (Lipinski definition) is 4. The smallest absolute Gasteiger partial charge is 0.317 e. The van der Waals surface area contributed by atoms with Crippen LogP contribution in [0.5, 0.6) is 0 Å². The lowest BCUT2D eigenvalue weighted by atomic mass is 9.99. The Balaban J connectivity index is 1.92. The van der Waals surface area contributed by atoms with Crippen molar-refractivity contribution in [3.05, 3.63) is 16.1 Å². The molecular weight excluding hydrogens is 278 g/mol. The summed E-state index contributed by atoms with van der Waals surface area (Å²) in [6.07, 6.45) is 1.37. The topological polar surface area (TPSA) is 82.5 Å². The third-order valence-corrected chi connectivity index (χ3v) is 4.55. The molecule has 0 saturated carbocycles. The fourth-order valence-corrected chi connectivity index (χ4v) is 3.08. The second kappa shape index (κ2) is 6.21. The first-order valence-corrected chi connectivity index (χ1v) is 7.55. The number of aliphatic carboxylic acids is 1. The number of hydrogen-bond donors (Lipinski definition) is 2. The van der Waals surface area contributed by atoms with Gasteiger partial charge in [0.05, 0.1) is 12.0 Å². The number of nitrogens with zero attached hydrogens (tertiary/aromatic N) is 2. The van der Waals surface area contributed by atoms with E-state index in [2.05, 4.69) is 10.3 Å². The molecule has 1 aromatic heterocycles. The average molecular weight is 297 g/mol. The van der Waals surface area contributed by atoms with E-state index < -0.39 is 11.9 Å². The van der Waals surface area contributed by atoms with E-state index in [4.69, 9.17) is 5.11 Å². The number of carboxylic acids is 1. The maximum Gasteiger partial charge on any atom is 0.317 e. The van der Waals surface area contributed by atoms with E-state index in [0.717, 1.165) is 17.1 Å². The molecule has 110 valence electrons. The molecule has 1 unspecified atom stereocenters. The van der Waals surface area contributed by atoms with Crippen molar-refractivity contribution < 1.29 is 14.7 Å². The van der Waals surface area contributed by atoms with Crippen molar-refractivity contribution in [1.29, 1.82) is 0 Å². The Morgan fingerprint density at radius 1 is 1.60 bits per heavy atom. The SMILES string of the molecule is Cc1csc(C(C)NC(=O)N2CCC[C@@H](C(=O)O)C2)n1. The summed E-state index contributed by atoms with van der Waals surface area (Å²) in [6.45, 7) is 4.69. The van der Waals surface area contributed by atoms with Gasteiger partial charge in [-0.1, -0.05) is 0 Å². The number of rotatable bonds is 3. The highest BCUT2D eigenvalue weighted by Crippen LogP contribution is 2.20. The van der Waals surface area contributed by atoms with Gasteiger partial charge in [0.25, 0.3) is 0 Å². The van der Waals surface area contributed by atoms with Crippen molar-refractivity contribution >= 4 is 23.3 Å². The molecule has 0 radical (unpaired) electrons. The number of aromatic nitrogens is 1. The van der Waals surface area contributed by atoms with Crippen LogP contribution in [0.25, 0.3) is 0 Å². The highest BCUT2D eigenvalue weighted by atomic mass is 32.1. The number of carbonyl (C=O) groups is 2. The number of carbonyl (C=O) groups excluding carboxylic acids is 1. The lowest BCUT2D eigenvalue weighted by Gasteiger charge is -2.31. The first-order valence-electron chi connectivity index (χ1n) is 6.67. The van der Waals surface area contributed by atoms with Crippen molar-refractivity contribution in [3.8, 4) is 0 Å². The van der Waals surface area contributed by atoms with Crippen LogP contribution in [0.1, 0.15) is 36.5 Å². The molecule has 1 aliphatic rings. The normalized spacial score (nSPS) is 20.5. The van der Waals surface area contributed by atoms with Gasteiger partial charge >= 0.3 is 12.0 Å². The Morgan fingerprint density at radius 2 is 2.35 bits per heavy atom. The lowest BCUT2D eigenvalue weighted by Crippen LogP contribution is -2.47. The standard InChI is InChI=1S/C13H19N3O3S/c1-8-7-20-11(14-8)9(2)15-13(19)16-5-3-4-10(6-16)12(17)18/h7,9-10H,3-6H2,1-2H3,(H,15,19)(H,17,18)/t9?,10-/m1/s1. The Kier molecular flexibility index (Phi) is 4.59. The van der Waals surface area contributed by atoms with Gasteiger partial charge in [-0.25, -0.2) is 9.78 Å². The van der Waals surface area contributed by atoms with E-state index in [-0.39, 0.29) is 18.6 Å². The number of nitrogens with one attached hydrogen (secondary N) is 1. The average Bonchev–Trinajstić information content (AvgIpc) is 2.85. The van der Waals surface area contributed by atoms with Gasteiger partial charge in [-0.15, -0.1) is 11.3 Å². The molecule has 2 heterocycles. The van der Waals surface area contributed by atoms with E-state index in [1.165, 1.54) is 11.3 Å². The minimum absolute atomic E-state index is 0.161. The molecule has 1 fully saturated rings. The fourth-order valence-electron chi connectivity index (χ4n) is 2.27. The highest BCUT2D eigenvalue weighted by Gasteiger charge is 2.28. The molecule has 2 N–H and O–H groups in total.